The van der Waals surface area contributed by atoms with Crippen LogP contribution in [0, 0.1) is 11.6 Å². The van der Waals surface area contributed by atoms with Gasteiger partial charge in [-0.05, 0) is 71.5 Å². The minimum atomic E-state index is -1.00. The van der Waals surface area contributed by atoms with Gasteiger partial charge >= 0.3 is 0 Å². The molecule has 2 N–H and O–H groups in total. The van der Waals surface area contributed by atoms with E-state index in [1.165, 1.54) is 22.9 Å². The fourth-order valence-corrected chi connectivity index (χ4v) is 4.89. The van der Waals surface area contributed by atoms with Crippen LogP contribution in [-0.4, -0.2) is 27.4 Å². The van der Waals surface area contributed by atoms with Gasteiger partial charge in [0.1, 0.15) is 5.56 Å². The predicted molar refractivity (Wildman–Crippen MR) is 149 cm³/mol. The Hall–Kier alpha value is -4.92. The summed E-state index contributed by atoms with van der Waals surface area (Å²) < 4.78 is 28.1. The van der Waals surface area contributed by atoms with Crippen LogP contribution in [0.3, 0.4) is 0 Å². The smallest absolute Gasteiger partial charge is 0.263 e. The zero-order valence-corrected chi connectivity index (χ0v) is 22.0. The van der Waals surface area contributed by atoms with Crippen molar-refractivity contribution < 1.29 is 18.4 Å². The van der Waals surface area contributed by atoms with E-state index in [1.54, 1.807) is 12.3 Å². The van der Waals surface area contributed by atoms with Gasteiger partial charge in [-0.25, -0.2) is 8.78 Å². The number of aromatic nitrogens is 2. The highest BCUT2D eigenvalue weighted by molar-refractivity contribution is 5.96. The summed E-state index contributed by atoms with van der Waals surface area (Å²) in [5.74, 6) is -2.62. The number of hydrogen-bond donors (Lipinski definition) is 2. The lowest BCUT2D eigenvalue weighted by atomic mass is 9.98. The lowest BCUT2D eigenvalue weighted by Gasteiger charge is -2.11. The molecule has 2 heterocycles. The molecule has 1 fully saturated rings. The van der Waals surface area contributed by atoms with Gasteiger partial charge in [0.15, 0.2) is 11.6 Å². The van der Waals surface area contributed by atoms with Crippen molar-refractivity contribution in [3.05, 3.63) is 140 Å². The molecule has 0 unspecified atom stereocenters. The molecule has 41 heavy (non-hydrogen) atoms. The molecule has 0 spiro atoms. The summed E-state index contributed by atoms with van der Waals surface area (Å²) in [6, 6.07) is 16.3. The van der Waals surface area contributed by atoms with E-state index >= 15 is 0 Å². The second-order valence-corrected chi connectivity index (χ2v) is 10.3. The second-order valence-electron chi connectivity index (χ2n) is 10.3. The molecule has 2 aliphatic carbocycles. The number of carbonyl (C=O) groups excluding carboxylic acids is 2. The lowest BCUT2D eigenvalue weighted by molar-refractivity contribution is 0.0941. The summed E-state index contributed by atoms with van der Waals surface area (Å²) in [5.41, 5.74) is 4.91. The largest absolute Gasteiger partial charge is 0.349 e. The normalized spacial score (nSPS) is 13.9. The molecule has 2 aliphatic rings. The van der Waals surface area contributed by atoms with E-state index in [-0.39, 0.29) is 30.6 Å². The Balaban J connectivity index is 1.15. The van der Waals surface area contributed by atoms with E-state index in [4.69, 9.17) is 0 Å². The predicted octanol–water partition coefficient (Wildman–Crippen LogP) is 4.38. The molecule has 0 radical (unpaired) electrons. The average Bonchev–Trinajstić information content (AvgIpc) is 3.69. The number of nitrogens with zero attached hydrogens (tertiary/aromatic N) is 2. The van der Waals surface area contributed by atoms with Crippen LogP contribution >= 0.6 is 0 Å². The summed E-state index contributed by atoms with van der Waals surface area (Å²) in [5, 5.41) is 5.80. The second kappa shape index (κ2) is 10.9. The van der Waals surface area contributed by atoms with Gasteiger partial charge in [0.25, 0.3) is 17.4 Å². The molecule has 206 valence electrons. The number of fused-ring (bicyclic) bond motifs is 1. The highest BCUT2D eigenvalue weighted by Gasteiger charge is 2.25. The van der Waals surface area contributed by atoms with Gasteiger partial charge in [-0.2, -0.15) is 0 Å². The van der Waals surface area contributed by atoms with E-state index in [9.17, 15) is 23.2 Å². The van der Waals surface area contributed by atoms with Gasteiger partial charge < -0.3 is 15.2 Å². The quantitative estimate of drug-likeness (QED) is 0.339. The number of amides is 2. The van der Waals surface area contributed by atoms with Crippen molar-refractivity contribution in [2.75, 3.05) is 0 Å². The van der Waals surface area contributed by atoms with Crippen molar-refractivity contribution in [2.24, 2.45) is 0 Å². The molecule has 2 amide bonds. The Bertz CT molecular complexity index is 1780. The van der Waals surface area contributed by atoms with Crippen molar-refractivity contribution in [1.82, 2.24) is 20.2 Å². The average molecular weight is 553 g/mol. The molecule has 2 aromatic heterocycles. The fraction of sp³-hybridized carbons (Fsp3) is 0.188. The van der Waals surface area contributed by atoms with Crippen LogP contribution in [0.4, 0.5) is 8.78 Å². The van der Waals surface area contributed by atoms with Gasteiger partial charge in [0, 0.05) is 37.0 Å². The first-order valence-corrected chi connectivity index (χ1v) is 13.4. The number of allylic oxidation sites excluding steroid dienone is 1. The summed E-state index contributed by atoms with van der Waals surface area (Å²) in [6.07, 6.45) is 7.88. The topological polar surface area (TPSA) is 93.1 Å². The summed E-state index contributed by atoms with van der Waals surface area (Å²) in [6.45, 7) is 0.182. The van der Waals surface area contributed by atoms with E-state index in [0.29, 0.717) is 17.5 Å². The van der Waals surface area contributed by atoms with Crippen LogP contribution in [-0.2, 0) is 19.5 Å². The first-order chi connectivity index (χ1) is 19.9. The van der Waals surface area contributed by atoms with Gasteiger partial charge in [-0.3, -0.25) is 19.4 Å². The Morgan fingerprint density at radius 1 is 0.951 bits per heavy atom. The standard InChI is InChI=1S/C32H26F2N4O3/c33-27-10-6-20(14-28(27)34)18-38-12-2-5-25(32(38)41)31(40)36-16-19-3-1-4-21(13-19)24-9-11-29-26(24)15-22(17-35-29)30(39)37-23-7-8-23/h1-6,9-10,12-15,17,23H,7-8,11,16,18H2,(H,36,40)(H,37,39). The highest BCUT2D eigenvalue weighted by Crippen LogP contribution is 2.33. The molecule has 0 atom stereocenters. The third-order valence-corrected chi connectivity index (χ3v) is 7.23. The number of pyridine rings is 2. The molecular weight excluding hydrogens is 526 g/mol. The number of carbonyl (C=O) groups is 2. The van der Waals surface area contributed by atoms with Gasteiger partial charge in [-0.1, -0.05) is 30.3 Å². The molecule has 0 saturated heterocycles. The van der Waals surface area contributed by atoms with Crippen molar-refractivity contribution in [3.63, 3.8) is 0 Å². The Morgan fingerprint density at radius 2 is 1.80 bits per heavy atom. The minimum absolute atomic E-state index is 0.00536. The van der Waals surface area contributed by atoms with Gasteiger partial charge in [0.2, 0.25) is 0 Å². The van der Waals surface area contributed by atoms with Crippen LogP contribution in [0.5, 0.6) is 0 Å². The van der Waals surface area contributed by atoms with E-state index in [1.807, 2.05) is 30.3 Å². The number of halogens is 2. The number of rotatable bonds is 8. The van der Waals surface area contributed by atoms with Gasteiger partial charge in [-0.15, -0.1) is 0 Å². The fourth-order valence-electron chi connectivity index (χ4n) is 4.89. The summed E-state index contributed by atoms with van der Waals surface area (Å²) >= 11 is 0. The minimum Gasteiger partial charge on any atom is -0.349 e. The van der Waals surface area contributed by atoms with Gasteiger partial charge in [0.05, 0.1) is 17.8 Å². The Morgan fingerprint density at radius 3 is 2.61 bits per heavy atom. The maximum Gasteiger partial charge on any atom is 0.263 e. The molecule has 2 aromatic carbocycles. The maximum atomic E-state index is 13.6. The molecule has 0 bridgehead atoms. The first-order valence-electron chi connectivity index (χ1n) is 13.4. The van der Waals surface area contributed by atoms with Crippen LogP contribution < -0.4 is 16.2 Å². The zero-order valence-electron chi connectivity index (χ0n) is 22.0. The van der Waals surface area contributed by atoms with Crippen LogP contribution in [0.1, 0.15) is 61.5 Å². The van der Waals surface area contributed by atoms with Crippen molar-refractivity contribution in [1.29, 1.82) is 0 Å². The molecule has 9 heteroatoms. The third-order valence-electron chi connectivity index (χ3n) is 7.23. The SMILES string of the molecule is O=C(NC1CC1)c1cnc2c(c1)C(c1cccc(CNC(=O)c3cccn(Cc4ccc(F)c(F)c4)c3=O)c1)=CC2. The highest BCUT2D eigenvalue weighted by atomic mass is 19.2. The number of nitrogens with one attached hydrogen (secondary N) is 2. The van der Waals surface area contributed by atoms with Crippen molar-refractivity contribution in [2.45, 2.75) is 38.4 Å². The Labute approximate surface area is 234 Å². The monoisotopic (exact) mass is 552 g/mol. The summed E-state index contributed by atoms with van der Waals surface area (Å²) in [7, 11) is 0. The molecule has 0 aliphatic heterocycles. The first kappa shape index (κ1) is 26.3. The lowest BCUT2D eigenvalue weighted by Crippen LogP contribution is -2.32. The molecule has 6 rings (SSSR count). The van der Waals surface area contributed by atoms with E-state index in [2.05, 4.69) is 21.7 Å². The molecule has 1 saturated carbocycles. The third kappa shape index (κ3) is 5.70. The van der Waals surface area contributed by atoms with E-state index < -0.39 is 23.1 Å². The van der Waals surface area contributed by atoms with Crippen LogP contribution in [0.25, 0.3) is 5.57 Å². The van der Waals surface area contributed by atoms with Crippen LogP contribution in [0.15, 0.2) is 83.9 Å². The summed E-state index contributed by atoms with van der Waals surface area (Å²) in [4.78, 5) is 43.0. The molecule has 7 nitrogen and oxygen atoms in total. The van der Waals surface area contributed by atoms with Crippen LogP contribution in [0.2, 0.25) is 0 Å². The van der Waals surface area contributed by atoms with E-state index in [0.717, 1.165) is 52.9 Å². The Kier molecular flexibility index (Phi) is 7.01. The molecule has 4 aromatic rings. The van der Waals surface area contributed by atoms with Crippen molar-refractivity contribution in [3.8, 4) is 0 Å². The van der Waals surface area contributed by atoms with Crippen molar-refractivity contribution >= 4 is 17.4 Å². The maximum absolute atomic E-state index is 13.6. The number of hydrogen-bond acceptors (Lipinski definition) is 4. The zero-order chi connectivity index (χ0) is 28.5. The number of benzene rings is 2. The molecular formula is C32H26F2N4O3.